The molecule has 2 aliphatic rings. The quantitative estimate of drug-likeness (QED) is 0.659. The van der Waals surface area contributed by atoms with Crippen LogP contribution >= 0.6 is 11.3 Å². The van der Waals surface area contributed by atoms with Crippen LogP contribution in [0.25, 0.3) is 0 Å². The lowest BCUT2D eigenvalue weighted by Crippen LogP contribution is -2.47. The van der Waals surface area contributed by atoms with Crippen molar-refractivity contribution in [1.29, 1.82) is 0 Å². The lowest BCUT2D eigenvalue weighted by molar-refractivity contribution is -0.150. The number of aromatic nitrogens is 1. The molecule has 0 aromatic carbocycles. The standard InChI is InChI=1S/C14H23N3O2S/c1-10-13(20-9-16-10)12(17-15)11-2-5-19-14(8-11)3-6-18-7-4-14/h9,11-12,17H,2-8,15H2,1H3. The smallest absolute Gasteiger partial charge is 0.0798 e. The zero-order chi connectivity index (χ0) is 14.0. The molecule has 0 aliphatic carbocycles. The van der Waals surface area contributed by atoms with E-state index >= 15 is 0 Å². The van der Waals surface area contributed by atoms with E-state index in [9.17, 15) is 0 Å². The minimum atomic E-state index is 0.00879. The maximum atomic E-state index is 6.12. The number of nitrogens with one attached hydrogen (secondary N) is 1. The summed E-state index contributed by atoms with van der Waals surface area (Å²) in [7, 11) is 0. The van der Waals surface area contributed by atoms with Gasteiger partial charge in [0, 0.05) is 24.7 Å². The molecule has 1 aromatic heterocycles. The van der Waals surface area contributed by atoms with Crippen LogP contribution in [0.1, 0.15) is 42.3 Å². The molecule has 2 atom stereocenters. The second kappa shape index (κ2) is 6.07. The van der Waals surface area contributed by atoms with Crippen LogP contribution in [0.15, 0.2) is 5.51 Å². The van der Waals surface area contributed by atoms with E-state index < -0.39 is 0 Å². The van der Waals surface area contributed by atoms with Gasteiger partial charge < -0.3 is 9.47 Å². The molecule has 3 N–H and O–H groups in total. The van der Waals surface area contributed by atoms with E-state index in [1.54, 1.807) is 11.3 Å². The van der Waals surface area contributed by atoms with Gasteiger partial charge in [-0.2, -0.15) is 0 Å². The normalized spacial score (nSPS) is 27.6. The van der Waals surface area contributed by atoms with Crippen molar-refractivity contribution in [3.8, 4) is 0 Å². The predicted molar refractivity (Wildman–Crippen MR) is 78.4 cm³/mol. The number of thiazole rings is 1. The molecule has 1 spiro atoms. The number of nitrogens with two attached hydrogens (primary N) is 1. The number of hydrogen-bond acceptors (Lipinski definition) is 6. The van der Waals surface area contributed by atoms with Gasteiger partial charge in [-0.1, -0.05) is 0 Å². The molecule has 2 fully saturated rings. The zero-order valence-electron chi connectivity index (χ0n) is 11.9. The Bertz CT molecular complexity index is 440. The summed E-state index contributed by atoms with van der Waals surface area (Å²) >= 11 is 1.69. The third-order valence-corrected chi connectivity index (χ3v) is 5.67. The summed E-state index contributed by atoms with van der Waals surface area (Å²) < 4.78 is 11.6. The second-order valence-electron chi connectivity index (χ2n) is 5.84. The fourth-order valence-electron chi connectivity index (χ4n) is 3.48. The van der Waals surface area contributed by atoms with Gasteiger partial charge in [-0.3, -0.25) is 11.3 Å². The predicted octanol–water partition coefficient (Wildman–Crippen LogP) is 1.93. The van der Waals surface area contributed by atoms with Gasteiger partial charge in [-0.15, -0.1) is 11.3 Å². The molecule has 3 rings (SSSR count). The van der Waals surface area contributed by atoms with Crippen LogP contribution in [-0.4, -0.2) is 30.4 Å². The molecule has 0 bridgehead atoms. The van der Waals surface area contributed by atoms with Crippen LogP contribution in [0.5, 0.6) is 0 Å². The van der Waals surface area contributed by atoms with Crippen molar-refractivity contribution in [3.05, 3.63) is 16.1 Å². The van der Waals surface area contributed by atoms with Gasteiger partial charge >= 0.3 is 0 Å². The molecule has 6 heteroatoms. The topological polar surface area (TPSA) is 69.4 Å². The molecular weight excluding hydrogens is 274 g/mol. The number of nitrogens with zero attached hydrogens (tertiary/aromatic N) is 1. The lowest BCUT2D eigenvalue weighted by Gasteiger charge is -2.45. The monoisotopic (exact) mass is 297 g/mol. The molecule has 3 heterocycles. The van der Waals surface area contributed by atoms with E-state index in [2.05, 4.69) is 17.3 Å². The largest absolute Gasteiger partial charge is 0.381 e. The zero-order valence-corrected chi connectivity index (χ0v) is 12.7. The molecule has 112 valence electrons. The summed E-state index contributed by atoms with van der Waals surface area (Å²) in [5, 5.41) is 0. The molecule has 5 nitrogen and oxygen atoms in total. The van der Waals surface area contributed by atoms with Crippen molar-refractivity contribution in [3.63, 3.8) is 0 Å². The Labute approximate surface area is 123 Å². The van der Waals surface area contributed by atoms with E-state index in [-0.39, 0.29) is 11.6 Å². The Morgan fingerprint density at radius 2 is 2.25 bits per heavy atom. The number of hydrogen-bond donors (Lipinski definition) is 2. The molecule has 0 radical (unpaired) electrons. The Morgan fingerprint density at radius 3 is 2.90 bits per heavy atom. The fraction of sp³-hybridized carbons (Fsp3) is 0.786. The van der Waals surface area contributed by atoms with E-state index in [0.717, 1.165) is 51.2 Å². The molecule has 0 amide bonds. The summed E-state index contributed by atoms with van der Waals surface area (Å²) in [6.07, 6.45) is 4.11. The van der Waals surface area contributed by atoms with Crippen LogP contribution in [0.3, 0.4) is 0 Å². The van der Waals surface area contributed by atoms with Gasteiger partial charge in [0.25, 0.3) is 0 Å². The van der Waals surface area contributed by atoms with Crippen molar-refractivity contribution >= 4 is 11.3 Å². The van der Waals surface area contributed by atoms with Crippen molar-refractivity contribution < 1.29 is 9.47 Å². The number of aryl methyl sites for hydroxylation is 1. The van der Waals surface area contributed by atoms with Crippen LogP contribution in [0.4, 0.5) is 0 Å². The first kappa shape index (κ1) is 14.4. The van der Waals surface area contributed by atoms with E-state index in [1.807, 2.05) is 5.51 Å². The summed E-state index contributed by atoms with van der Waals surface area (Å²) in [5.41, 5.74) is 6.02. The van der Waals surface area contributed by atoms with Gasteiger partial charge in [0.15, 0.2) is 0 Å². The van der Waals surface area contributed by atoms with Gasteiger partial charge in [0.2, 0.25) is 0 Å². The summed E-state index contributed by atoms with van der Waals surface area (Å²) in [6, 6.07) is 0.186. The fourth-order valence-corrected chi connectivity index (χ4v) is 4.43. The summed E-state index contributed by atoms with van der Waals surface area (Å²) in [6.45, 7) is 4.50. The molecular formula is C14H23N3O2S. The summed E-state index contributed by atoms with van der Waals surface area (Å²) in [5.74, 6) is 6.35. The van der Waals surface area contributed by atoms with E-state index in [0.29, 0.717) is 5.92 Å². The maximum Gasteiger partial charge on any atom is 0.0798 e. The van der Waals surface area contributed by atoms with E-state index in [4.69, 9.17) is 15.3 Å². The minimum Gasteiger partial charge on any atom is -0.381 e. The lowest BCUT2D eigenvalue weighted by atomic mass is 9.77. The molecule has 20 heavy (non-hydrogen) atoms. The summed E-state index contributed by atoms with van der Waals surface area (Å²) in [4.78, 5) is 5.62. The average Bonchev–Trinajstić information content (AvgIpc) is 2.87. The SMILES string of the molecule is Cc1ncsc1C(NN)C1CCOC2(CCOCC2)C1. The van der Waals surface area contributed by atoms with Crippen molar-refractivity contribution in [2.75, 3.05) is 19.8 Å². The minimum absolute atomic E-state index is 0.00879. The van der Waals surface area contributed by atoms with Gasteiger partial charge in [0.05, 0.1) is 22.8 Å². The maximum absolute atomic E-state index is 6.12. The second-order valence-corrected chi connectivity index (χ2v) is 6.73. The van der Waals surface area contributed by atoms with E-state index in [1.165, 1.54) is 4.88 Å². The molecule has 2 unspecified atom stereocenters. The Morgan fingerprint density at radius 1 is 1.45 bits per heavy atom. The highest BCUT2D eigenvalue weighted by molar-refractivity contribution is 7.09. The van der Waals surface area contributed by atoms with Crippen molar-refractivity contribution in [1.82, 2.24) is 10.4 Å². The number of ether oxygens (including phenoxy) is 2. The Balaban J connectivity index is 1.76. The van der Waals surface area contributed by atoms with Gasteiger partial charge in [0.1, 0.15) is 0 Å². The highest BCUT2D eigenvalue weighted by Gasteiger charge is 2.41. The number of hydrazine groups is 1. The first-order valence-electron chi connectivity index (χ1n) is 7.32. The first-order valence-corrected chi connectivity index (χ1v) is 8.20. The molecule has 2 aliphatic heterocycles. The molecule has 2 saturated heterocycles. The van der Waals surface area contributed by atoms with Crippen LogP contribution in [0, 0.1) is 12.8 Å². The van der Waals surface area contributed by atoms with Crippen LogP contribution in [0.2, 0.25) is 0 Å². The van der Waals surface area contributed by atoms with Crippen molar-refractivity contribution in [2.24, 2.45) is 11.8 Å². The Kier molecular flexibility index (Phi) is 4.37. The van der Waals surface area contributed by atoms with Gasteiger partial charge in [-0.25, -0.2) is 4.98 Å². The number of rotatable bonds is 3. The molecule has 1 aromatic rings. The highest BCUT2D eigenvalue weighted by atomic mass is 32.1. The molecule has 0 saturated carbocycles. The third kappa shape index (κ3) is 2.76. The Hall–Kier alpha value is -0.530. The van der Waals surface area contributed by atoms with Crippen molar-refractivity contribution in [2.45, 2.75) is 44.2 Å². The first-order chi connectivity index (χ1) is 9.74. The van der Waals surface area contributed by atoms with Gasteiger partial charge in [-0.05, 0) is 38.5 Å². The third-order valence-electron chi connectivity index (χ3n) is 4.65. The highest BCUT2D eigenvalue weighted by Crippen LogP contribution is 2.42. The van der Waals surface area contributed by atoms with Crippen LogP contribution in [-0.2, 0) is 9.47 Å². The van der Waals surface area contributed by atoms with Crippen LogP contribution < -0.4 is 11.3 Å². The average molecular weight is 297 g/mol.